The third-order valence-corrected chi connectivity index (χ3v) is 25.3. The summed E-state index contributed by atoms with van der Waals surface area (Å²) in [7, 11) is -13.3. The summed E-state index contributed by atoms with van der Waals surface area (Å²) < 4.78 is 425. The number of pyridine rings is 1. The van der Waals surface area contributed by atoms with E-state index in [0.29, 0.717) is 11.3 Å². The van der Waals surface area contributed by atoms with Crippen molar-refractivity contribution < 1.29 is 68.2 Å². The molecule has 0 bridgehead atoms. The Morgan fingerprint density at radius 2 is 0.861 bits per heavy atom. The molecular weight excluding hydrogens is 1260 g/mol. The summed E-state index contributed by atoms with van der Waals surface area (Å²) in [6.07, 6.45) is 4.94. The van der Waals surface area contributed by atoms with E-state index in [9.17, 15) is 49.3 Å². The number of imidazole rings is 1. The molecule has 14 aromatic carbocycles. The van der Waals surface area contributed by atoms with E-state index in [1.54, 1.807) is 18.3 Å². The second-order valence-corrected chi connectivity index (χ2v) is 31.0. The molecule has 0 atom stereocenters. The average Bonchev–Trinajstić information content (AvgIpc) is 0.712. The van der Waals surface area contributed by atoms with Crippen LogP contribution in [0.15, 0.2) is 381 Å². The number of aromatic nitrogens is 4. The zero-order valence-electron chi connectivity index (χ0n) is 96.2. The normalized spacial score (nSPS) is 17.9. The second kappa shape index (κ2) is 26.2. The molecule has 0 aliphatic heterocycles. The van der Waals surface area contributed by atoms with Gasteiger partial charge < -0.3 is 4.74 Å². The molecule has 0 N–H and O–H groups in total. The molecule has 0 aliphatic carbocycles. The van der Waals surface area contributed by atoms with Gasteiger partial charge in [0.05, 0.1) is 92.4 Å². The monoisotopic (exact) mass is 1370 g/mol. The summed E-state index contributed by atoms with van der Waals surface area (Å²) in [5.74, 6) is 0.761. The van der Waals surface area contributed by atoms with E-state index in [4.69, 9.17) is 19.3 Å². The first-order chi connectivity index (χ1) is 67.6. The molecule has 3 aromatic heterocycles. The maximum Gasteiger partial charge on any atom is 0.269 e. The number of ether oxygens (including phenoxy) is 1. The van der Waals surface area contributed by atoms with Crippen LogP contribution in [-0.4, -0.2) is 30.3 Å². The van der Waals surface area contributed by atoms with Crippen LogP contribution in [0, 0.1) is 6.33 Å². The van der Waals surface area contributed by atoms with Crippen LogP contribution in [-0.2, 0) is 5.41 Å². The molecule has 17 aromatic rings. The number of para-hydroxylation sites is 2. The van der Waals surface area contributed by atoms with Crippen LogP contribution < -0.4 is 50.8 Å². The minimum atomic E-state index is -6.70. The van der Waals surface area contributed by atoms with Crippen molar-refractivity contribution in [2.24, 2.45) is 0 Å². The summed E-state index contributed by atoms with van der Waals surface area (Å²) >= 11 is 0. The zero-order valence-corrected chi connectivity index (χ0v) is 55.2. The summed E-state index contributed by atoms with van der Waals surface area (Å²) in [6, 6.07) is -23.4. The first kappa shape index (κ1) is 31.3. The van der Waals surface area contributed by atoms with Crippen molar-refractivity contribution in [3.8, 4) is 62.1 Å². The van der Waals surface area contributed by atoms with Crippen molar-refractivity contribution in [1.82, 2.24) is 14.1 Å². The SMILES string of the molecule is [2H]c1c([2H])c([2H])c(-c2cccc(-c3c([2H])c([2H])c([2H])c([Si](c4c([2H])c([2H])c([2H])c([2H])c4[2H])(c4c([2H])c([2H])c([2H])c([2H])c4[2H])c4c([2H])c([2H])c([2H])c([2H])c4[2H])c3[2H])c2-[n+]2[c-]n(-c3cccc(Oc4ccc5c6ccccc6n(-c6cc(C(C)(C)C)ccn6)c5c4)c3)c3cc(-c4c([2H])c([2H])c([2H])c([Si](c5c([2H])c([2H])c([2H])c([2H])c5[2H])(c5c([2H])c([2H])c([2H])c([2H])c5[2H])c5c([2H])c([2H])c([2H])c([2H])c5[2H])c4[2H])ccc32)c([2H])c1[2H]. The van der Waals surface area contributed by atoms with Gasteiger partial charge in [0.25, 0.3) is 6.33 Å². The molecule has 0 fully saturated rings. The number of nitrogens with zero attached hydrogens (tertiary/aromatic N) is 4. The van der Waals surface area contributed by atoms with E-state index in [-0.39, 0.29) is 33.6 Å². The van der Waals surface area contributed by atoms with E-state index < -0.39 is 357 Å². The summed E-state index contributed by atoms with van der Waals surface area (Å²) in [5, 5.41) is -8.00. The van der Waals surface area contributed by atoms with Crippen LogP contribution in [0.25, 0.3) is 83.4 Å². The van der Waals surface area contributed by atoms with Crippen molar-refractivity contribution in [1.29, 1.82) is 0 Å². The molecular formula is C94H72N4OSi2. The lowest BCUT2D eigenvalue weighted by Gasteiger charge is -2.34. The number of fused-ring (bicyclic) bond motifs is 4. The van der Waals surface area contributed by atoms with Crippen LogP contribution in [0.2, 0.25) is 0 Å². The van der Waals surface area contributed by atoms with Gasteiger partial charge in [-0.3, -0.25) is 13.7 Å². The Morgan fingerprint density at radius 3 is 1.43 bits per heavy atom. The highest BCUT2D eigenvalue weighted by molar-refractivity contribution is 7.20. The molecule has 0 radical (unpaired) electrons. The second-order valence-electron chi connectivity index (χ2n) is 24.0. The quantitative estimate of drug-likeness (QED) is 0.0418. The third kappa shape index (κ3) is 11.1. The smallest absolute Gasteiger partial charge is 0.269 e. The summed E-state index contributed by atoms with van der Waals surface area (Å²) in [4.78, 5) is 4.83. The number of rotatable bonds is 16. The third-order valence-electron chi connectivity index (χ3n) is 17.3. The maximum atomic E-state index is 11.2. The van der Waals surface area contributed by atoms with E-state index in [1.165, 1.54) is 47.0 Å². The Hall–Kier alpha value is -12.3. The van der Waals surface area contributed by atoms with E-state index in [0.717, 1.165) is 44.6 Å². The average molecular weight is 1370 g/mol. The zero-order chi connectivity index (χ0) is 105. The fourth-order valence-corrected chi connectivity index (χ4v) is 19.9. The summed E-state index contributed by atoms with van der Waals surface area (Å²) in [6.45, 7) is 6.14. The summed E-state index contributed by atoms with van der Waals surface area (Å²) in [5.41, 5.74) is -3.42. The topological polar surface area (TPSA) is 35.9 Å². The highest BCUT2D eigenvalue weighted by Crippen LogP contribution is 2.39. The lowest BCUT2D eigenvalue weighted by molar-refractivity contribution is -0.571. The van der Waals surface area contributed by atoms with Gasteiger partial charge in [-0.25, -0.2) is 4.98 Å². The van der Waals surface area contributed by atoms with Gasteiger partial charge in [-0.1, -0.05) is 335 Å². The van der Waals surface area contributed by atoms with Crippen molar-refractivity contribution in [3.05, 3.63) is 393 Å². The Balaban J connectivity index is 1.06. The van der Waals surface area contributed by atoms with Gasteiger partial charge in [0, 0.05) is 23.0 Å². The van der Waals surface area contributed by atoms with Gasteiger partial charge in [0.15, 0.2) is 16.1 Å². The molecule has 482 valence electrons. The van der Waals surface area contributed by atoms with E-state index in [2.05, 4.69) is 6.33 Å². The lowest BCUT2D eigenvalue weighted by atomic mass is 9.88. The van der Waals surface area contributed by atoms with Crippen LogP contribution in [0.3, 0.4) is 0 Å². The molecule has 0 spiro atoms. The van der Waals surface area contributed by atoms with Crippen LogP contribution in [0.4, 0.5) is 0 Å². The Morgan fingerprint density at radius 1 is 0.386 bits per heavy atom. The Kier molecular flexibility index (Phi) is 8.12. The van der Waals surface area contributed by atoms with Crippen molar-refractivity contribution in [2.75, 3.05) is 0 Å². The predicted molar refractivity (Wildman–Crippen MR) is 425 cm³/mol. The number of hydrogen-bond donors (Lipinski definition) is 0. The first-order valence-electron chi connectivity index (χ1n) is 52.7. The molecule has 0 unspecified atom stereocenters. The predicted octanol–water partition coefficient (Wildman–Crippen LogP) is 17.0. The van der Waals surface area contributed by atoms with Crippen molar-refractivity contribution in [2.45, 2.75) is 26.2 Å². The van der Waals surface area contributed by atoms with Crippen LogP contribution in [0.1, 0.15) is 85.3 Å². The number of hydrogen-bond acceptors (Lipinski definition) is 2. The Bertz CT molecular complexity index is 8070. The van der Waals surface area contributed by atoms with Gasteiger partial charge in [-0.15, -0.1) is 0 Å². The molecule has 0 saturated heterocycles. The molecule has 7 heteroatoms. The molecule has 0 saturated carbocycles. The lowest BCUT2D eigenvalue weighted by Crippen LogP contribution is -2.74. The van der Waals surface area contributed by atoms with Crippen LogP contribution in [0.5, 0.6) is 11.5 Å². The van der Waals surface area contributed by atoms with Crippen molar-refractivity contribution >= 4 is 90.5 Å². The van der Waals surface area contributed by atoms with Gasteiger partial charge in [-0.05, 0) is 140 Å². The van der Waals surface area contributed by atoms with E-state index >= 15 is 0 Å². The first-order valence-corrected chi connectivity index (χ1v) is 35.2. The maximum absolute atomic E-state index is 11.2. The van der Waals surface area contributed by atoms with Gasteiger partial charge in [0.1, 0.15) is 17.3 Å². The molecule has 0 aliphatic rings. The fourth-order valence-electron chi connectivity index (χ4n) is 12.8. The molecule has 0 amide bonds. The van der Waals surface area contributed by atoms with Gasteiger partial charge >= 0.3 is 0 Å². The minimum absolute atomic E-state index is 0.0138. The van der Waals surface area contributed by atoms with Gasteiger partial charge in [-0.2, -0.15) is 0 Å². The minimum Gasteiger partial charge on any atom is -0.458 e. The highest BCUT2D eigenvalue weighted by Gasteiger charge is 2.43. The van der Waals surface area contributed by atoms with Crippen molar-refractivity contribution in [3.63, 3.8) is 0 Å². The largest absolute Gasteiger partial charge is 0.458 e. The fraction of sp³-hybridized carbons (Fsp3) is 0.0426. The molecule has 101 heavy (non-hydrogen) atoms. The van der Waals surface area contributed by atoms with Crippen LogP contribution >= 0.6 is 0 Å². The molecule has 3 heterocycles. The van der Waals surface area contributed by atoms with E-state index in [1.807, 2.05) is 67.8 Å². The number of benzene rings is 14. The standard InChI is InChI=1S/C94H72N4OSi2/c1-94(2,3)72-59-60-95-92(64-72)98-88-54-26-25-51-86(88)87-57-56-75(66-90(87)98)99-74-36-29-35-73(65-74)96-67-97(89-58-55-70(63-91(89)96)69-33-27-49-82(61-69)100(76-37-13-5-14-38-76,77-39-15-6-16-40-77)78-41-17-7-18-42-78)93-84(68-31-11-4-12-32-68)52-30-53-85(93)71-34-28-50-83(62-71)101(79-43-19-8-20-44-79,80-45-21-9-22-46-80)81-47-23-10-24-48-81/h4-66H,1-3H3/i4D,5D,6D,7D,8D,9D,10D,11D,12D,13D,14D,15D,16D,17D,18D,19D,20D,21D,22D,23D,24D,27D,28D,31D,32D,33D,34D,37D,38D,39D,40D,41D,42D,43D,44D,45D,46D,47D,48D,49D,50D,61D,62D. The Labute approximate surface area is 652 Å². The molecule has 17 rings (SSSR count). The highest BCUT2D eigenvalue weighted by atomic mass is 28.3. The molecule has 5 nitrogen and oxygen atoms in total. The van der Waals surface area contributed by atoms with Gasteiger partial charge in [0.2, 0.25) is 0 Å².